The van der Waals surface area contributed by atoms with Gasteiger partial charge in [-0.2, -0.15) is 0 Å². The first-order chi connectivity index (χ1) is 9.63. The highest BCUT2D eigenvalue weighted by molar-refractivity contribution is 8.00. The smallest absolute Gasteiger partial charge is 0.230 e. The molecular weight excluding hydrogens is 355 g/mol. The third kappa shape index (κ3) is 9.45. The zero-order valence-corrected chi connectivity index (χ0v) is 14.8. The van der Waals surface area contributed by atoms with Crippen LogP contribution in [0.4, 0.5) is 0 Å². The van der Waals surface area contributed by atoms with E-state index in [1.54, 1.807) is 25.3 Å². The van der Waals surface area contributed by atoms with Gasteiger partial charge in [0.05, 0.1) is 17.4 Å². The van der Waals surface area contributed by atoms with Gasteiger partial charge in [-0.3, -0.25) is 4.79 Å². The molecule has 0 aliphatic carbocycles. The molecule has 1 amide bonds. The number of nitrogens with one attached hydrogen (secondary N) is 2. The Hall–Kier alpha value is -0.170. The van der Waals surface area contributed by atoms with E-state index < -0.39 is 0 Å². The summed E-state index contributed by atoms with van der Waals surface area (Å²) in [5, 5.41) is 7.19. The molecule has 4 nitrogen and oxygen atoms in total. The number of ether oxygens (including phenoxy) is 1. The first-order valence-electron chi connectivity index (χ1n) is 6.17. The molecule has 0 fully saturated rings. The number of amides is 1. The van der Waals surface area contributed by atoms with Crippen LogP contribution >= 0.6 is 47.4 Å². The fraction of sp³-hybridized carbons (Fsp3) is 0.462. The second-order valence-electron chi connectivity index (χ2n) is 3.96. The predicted molar refractivity (Wildman–Crippen MR) is 92.2 cm³/mol. The average Bonchev–Trinajstić information content (AvgIpc) is 2.43. The van der Waals surface area contributed by atoms with Crippen LogP contribution in [-0.4, -0.2) is 45.0 Å². The molecule has 0 aromatic heterocycles. The second-order valence-corrected chi connectivity index (χ2v) is 5.82. The third-order valence-electron chi connectivity index (χ3n) is 2.36. The number of carbonyl (C=O) groups excluding carboxylic acids is 1. The van der Waals surface area contributed by atoms with Gasteiger partial charge in [-0.25, -0.2) is 0 Å². The molecule has 0 bridgehead atoms. The minimum absolute atomic E-state index is 0. The first-order valence-corrected chi connectivity index (χ1v) is 7.92. The van der Waals surface area contributed by atoms with Crippen LogP contribution < -0.4 is 10.6 Å². The van der Waals surface area contributed by atoms with E-state index in [1.807, 2.05) is 0 Å². The maximum Gasteiger partial charge on any atom is 0.230 e. The van der Waals surface area contributed by atoms with Crippen molar-refractivity contribution in [1.82, 2.24) is 10.6 Å². The van der Waals surface area contributed by atoms with Crippen LogP contribution in [0.3, 0.4) is 0 Å². The zero-order chi connectivity index (χ0) is 14.8. The molecule has 0 spiro atoms. The summed E-state index contributed by atoms with van der Waals surface area (Å²) in [6.07, 6.45) is 0. The Morgan fingerprint density at radius 3 is 2.76 bits per heavy atom. The zero-order valence-electron chi connectivity index (χ0n) is 11.7. The summed E-state index contributed by atoms with van der Waals surface area (Å²) in [5.41, 5.74) is 0. The molecule has 120 valence electrons. The van der Waals surface area contributed by atoms with E-state index >= 15 is 0 Å². The van der Waals surface area contributed by atoms with Crippen LogP contribution in [0.2, 0.25) is 10.0 Å². The number of methoxy groups -OCH3 is 1. The Morgan fingerprint density at radius 1 is 1.29 bits per heavy atom. The van der Waals surface area contributed by atoms with E-state index in [2.05, 4.69) is 10.6 Å². The van der Waals surface area contributed by atoms with Crippen LogP contribution in [0.15, 0.2) is 23.1 Å². The minimum Gasteiger partial charge on any atom is -0.383 e. The average molecular weight is 374 g/mol. The SMILES string of the molecule is COCCNCCNC(=O)CSc1cc(Cl)ccc1Cl.Cl. The van der Waals surface area contributed by atoms with Gasteiger partial charge in [0.2, 0.25) is 5.91 Å². The van der Waals surface area contributed by atoms with Gasteiger partial charge >= 0.3 is 0 Å². The molecule has 0 unspecified atom stereocenters. The van der Waals surface area contributed by atoms with Crippen molar-refractivity contribution >= 4 is 53.3 Å². The van der Waals surface area contributed by atoms with E-state index in [1.165, 1.54) is 11.8 Å². The van der Waals surface area contributed by atoms with Crippen molar-refractivity contribution in [3.63, 3.8) is 0 Å². The van der Waals surface area contributed by atoms with Gasteiger partial charge in [-0.05, 0) is 18.2 Å². The lowest BCUT2D eigenvalue weighted by Gasteiger charge is -2.07. The van der Waals surface area contributed by atoms with E-state index in [0.717, 1.165) is 18.0 Å². The van der Waals surface area contributed by atoms with Gasteiger partial charge in [0.15, 0.2) is 0 Å². The predicted octanol–water partition coefficient (Wildman–Crippen LogP) is 2.86. The lowest BCUT2D eigenvalue weighted by molar-refractivity contribution is -0.118. The maximum absolute atomic E-state index is 11.6. The summed E-state index contributed by atoms with van der Waals surface area (Å²) in [4.78, 5) is 12.5. The Balaban J connectivity index is 0.00000400. The van der Waals surface area contributed by atoms with Crippen LogP contribution in [0, 0.1) is 0 Å². The first kappa shape index (κ1) is 20.8. The number of benzene rings is 1. The summed E-state index contributed by atoms with van der Waals surface area (Å²) in [6, 6.07) is 5.21. The number of hydrogen-bond acceptors (Lipinski definition) is 4. The van der Waals surface area contributed by atoms with Crippen molar-refractivity contribution in [2.75, 3.05) is 39.1 Å². The number of thioether (sulfide) groups is 1. The molecular formula is C13H19Cl3N2O2S. The highest BCUT2D eigenvalue weighted by Gasteiger charge is 2.06. The van der Waals surface area contributed by atoms with Gasteiger partial charge in [-0.15, -0.1) is 24.2 Å². The van der Waals surface area contributed by atoms with Crippen molar-refractivity contribution in [2.24, 2.45) is 0 Å². The maximum atomic E-state index is 11.6. The Morgan fingerprint density at radius 2 is 2.05 bits per heavy atom. The topological polar surface area (TPSA) is 50.4 Å². The van der Waals surface area contributed by atoms with Gasteiger partial charge in [0.1, 0.15) is 0 Å². The number of carbonyl (C=O) groups is 1. The Bertz CT molecular complexity index is 436. The van der Waals surface area contributed by atoms with Crippen LogP contribution in [0.5, 0.6) is 0 Å². The van der Waals surface area contributed by atoms with Gasteiger partial charge in [-0.1, -0.05) is 23.2 Å². The fourth-order valence-corrected chi connectivity index (χ4v) is 2.69. The number of halogens is 3. The summed E-state index contributed by atoms with van der Waals surface area (Å²) < 4.78 is 4.90. The van der Waals surface area contributed by atoms with Crippen molar-refractivity contribution in [1.29, 1.82) is 0 Å². The second kappa shape index (κ2) is 12.4. The van der Waals surface area contributed by atoms with E-state index in [4.69, 9.17) is 27.9 Å². The number of hydrogen-bond donors (Lipinski definition) is 2. The molecule has 1 aromatic rings. The molecule has 0 aliphatic rings. The molecule has 1 aromatic carbocycles. The van der Waals surface area contributed by atoms with Crippen molar-refractivity contribution in [3.8, 4) is 0 Å². The number of rotatable bonds is 9. The van der Waals surface area contributed by atoms with Gasteiger partial charge in [0.25, 0.3) is 0 Å². The highest BCUT2D eigenvalue weighted by atomic mass is 35.5. The molecule has 8 heteroatoms. The summed E-state index contributed by atoms with van der Waals surface area (Å²) >= 11 is 13.3. The quantitative estimate of drug-likeness (QED) is 0.516. The minimum atomic E-state index is -0.0282. The molecule has 0 aliphatic heterocycles. The largest absolute Gasteiger partial charge is 0.383 e. The van der Waals surface area contributed by atoms with Gasteiger partial charge < -0.3 is 15.4 Å². The fourth-order valence-electron chi connectivity index (χ4n) is 1.37. The molecule has 0 heterocycles. The molecule has 0 saturated carbocycles. The van der Waals surface area contributed by atoms with E-state index in [9.17, 15) is 4.79 Å². The Labute approximate surface area is 145 Å². The van der Waals surface area contributed by atoms with E-state index in [0.29, 0.717) is 28.9 Å². The summed E-state index contributed by atoms with van der Waals surface area (Å²) in [6.45, 7) is 2.75. The van der Waals surface area contributed by atoms with Crippen molar-refractivity contribution in [2.45, 2.75) is 4.90 Å². The van der Waals surface area contributed by atoms with Gasteiger partial charge in [0, 0.05) is 36.7 Å². The standard InChI is InChI=1S/C13H18Cl2N2O2S.ClH/c1-19-7-6-16-4-5-17-13(18)9-20-12-8-10(14)2-3-11(12)15;/h2-3,8,16H,4-7,9H2,1H3,(H,17,18);1H. The summed E-state index contributed by atoms with van der Waals surface area (Å²) in [5.74, 6) is 0.289. The lowest BCUT2D eigenvalue weighted by Crippen LogP contribution is -2.33. The Kier molecular flexibility index (Phi) is 12.3. The lowest BCUT2D eigenvalue weighted by atomic mass is 10.4. The highest BCUT2D eigenvalue weighted by Crippen LogP contribution is 2.29. The van der Waals surface area contributed by atoms with Crippen LogP contribution in [0.25, 0.3) is 0 Å². The van der Waals surface area contributed by atoms with Crippen molar-refractivity contribution in [3.05, 3.63) is 28.2 Å². The molecule has 21 heavy (non-hydrogen) atoms. The molecule has 1 rings (SSSR count). The molecule has 0 atom stereocenters. The monoisotopic (exact) mass is 372 g/mol. The van der Waals surface area contributed by atoms with Crippen LogP contribution in [0.1, 0.15) is 0 Å². The summed E-state index contributed by atoms with van der Waals surface area (Å²) in [7, 11) is 1.65. The van der Waals surface area contributed by atoms with Crippen LogP contribution in [-0.2, 0) is 9.53 Å². The third-order valence-corrected chi connectivity index (χ3v) is 4.09. The molecule has 0 saturated heterocycles. The molecule has 0 radical (unpaired) electrons. The van der Waals surface area contributed by atoms with E-state index in [-0.39, 0.29) is 18.3 Å². The molecule has 2 N–H and O–H groups in total. The normalized spacial score (nSPS) is 10.0. The van der Waals surface area contributed by atoms with Crippen molar-refractivity contribution < 1.29 is 9.53 Å².